The van der Waals surface area contributed by atoms with E-state index in [0.717, 1.165) is 30.2 Å². The number of ether oxygens (including phenoxy) is 1. The largest absolute Gasteiger partial charge is 0.381 e. The molecule has 0 saturated heterocycles. The van der Waals surface area contributed by atoms with Crippen molar-refractivity contribution < 1.29 is 9.13 Å². The van der Waals surface area contributed by atoms with Crippen molar-refractivity contribution in [2.24, 2.45) is 17.8 Å². The molecule has 1 aromatic carbocycles. The fourth-order valence-electron chi connectivity index (χ4n) is 6.26. The molecule has 0 spiro atoms. The van der Waals surface area contributed by atoms with Crippen molar-refractivity contribution in [2.45, 2.75) is 96.0 Å². The third-order valence-electron chi connectivity index (χ3n) is 7.96. The normalized spacial score (nSPS) is 33.4. The van der Waals surface area contributed by atoms with Gasteiger partial charge in [0.05, 0.1) is 6.10 Å². The smallest absolute Gasteiger partial charge is 0.126 e. The van der Waals surface area contributed by atoms with Crippen LogP contribution in [0.3, 0.4) is 0 Å². The Labute approximate surface area is 165 Å². The molecule has 4 rings (SSSR count). The van der Waals surface area contributed by atoms with Crippen LogP contribution in [0.15, 0.2) is 12.1 Å². The Morgan fingerprint density at radius 2 is 1.85 bits per heavy atom. The lowest BCUT2D eigenvalue weighted by molar-refractivity contribution is 0.0123. The first-order valence-corrected chi connectivity index (χ1v) is 11.5. The summed E-state index contributed by atoms with van der Waals surface area (Å²) in [5.41, 5.74) is 3.66. The number of aryl methyl sites for hydroxylation is 1. The van der Waals surface area contributed by atoms with Crippen LogP contribution in [0.25, 0.3) is 0 Å². The number of halogens is 1. The van der Waals surface area contributed by atoms with Crippen LogP contribution < -0.4 is 0 Å². The summed E-state index contributed by atoms with van der Waals surface area (Å²) in [7, 11) is 1.86. The molecule has 0 aromatic heterocycles. The Morgan fingerprint density at radius 3 is 2.67 bits per heavy atom. The van der Waals surface area contributed by atoms with Gasteiger partial charge in [-0.3, -0.25) is 0 Å². The molecular formula is C25H37FO. The van der Waals surface area contributed by atoms with E-state index in [4.69, 9.17) is 4.74 Å². The number of methoxy groups -OCH3 is 1. The van der Waals surface area contributed by atoms with Crippen LogP contribution in [0.4, 0.5) is 4.39 Å². The maximum absolute atomic E-state index is 15.0. The molecule has 150 valence electrons. The van der Waals surface area contributed by atoms with E-state index in [2.05, 4.69) is 13.0 Å². The van der Waals surface area contributed by atoms with Gasteiger partial charge in [-0.1, -0.05) is 32.3 Å². The topological polar surface area (TPSA) is 9.23 Å². The van der Waals surface area contributed by atoms with Gasteiger partial charge in [-0.2, -0.15) is 0 Å². The van der Waals surface area contributed by atoms with Gasteiger partial charge in [-0.05, 0) is 104 Å². The van der Waals surface area contributed by atoms with Crippen molar-refractivity contribution in [3.8, 4) is 0 Å². The monoisotopic (exact) mass is 372 g/mol. The Hall–Kier alpha value is -0.890. The summed E-state index contributed by atoms with van der Waals surface area (Å²) >= 11 is 0. The highest BCUT2D eigenvalue weighted by molar-refractivity contribution is 5.37. The Kier molecular flexibility index (Phi) is 6.21. The quantitative estimate of drug-likeness (QED) is 0.551. The highest BCUT2D eigenvalue weighted by Gasteiger charge is 2.36. The molecule has 0 aliphatic heterocycles. The van der Waals surface area contributed by atoms with Crippen molar-refractivity contribution in [2.75, 3.05) is 7.11 Å². The summed E-state index contributed by atoms with van der Waals surface area (Å²) in [6.45, 7) is 2.25. The van der Waals surface area contributed by atoms with Gasteiger partial charge in [0.1, 0.15) is 5.82 Å². The number of benzene rings is 1. The molecule has 3 aliphatic carbocycles. The minimum Gasteiger partial charge on any atom is -0.381 e. The third-order valence-corrected chi connectivity index (χ3v) is 7.96. The van der Waals surface area contributed by atoms with E-state index in [9.17, 15) is 4.39 Å². The molecule has 0 radical (unpaired) electrons. The molecule has 27 heavy (non-hydrogen) atoms. The van der Waals surface area contributed by atoms with Gasteiger partial charge in [0, 0.05) is 7.11 Å². The first-order valence-electron chi connectivity index (χ1n) is 11.5. The first-order chi connectivity index (χ1) is 13.2. The van der Waals surface area contributed by atoms with Crippen LogP contribution in [0, 0.1) is 23.6 Å². The van der Waals surface area contributed by atoms with Crippen LogP contribution in [-0.4, -0.2) is 13.2 Å². The summed E-state index contributed by atoms with van der Waals surface area (Å²) in [5, 5.41) is 0. The number of hydrogen-bond donors (Lipinski definition) is 0. The highest BCUT2D eigenvalue weighted by atomic mass is 19.1. The molecule has 0 amide bonds. The van der Waals surface area contributed by atoms with Crippen molar-refractivity contribution in [3.05, 3.63) is 34.6 Å². The van der Waals surface area contributed by atoms with Crippen LogP contribution in [0.2, 0.25) is 0 Å². The fourth-order valence-corrected chi connectivity index (χ4v) is 6.26. The van der Waals surface area contributed by atoms with Gasteiger partial charge in [0.15, 0.2) is 0 Å². The van der Waals surface area contributed by atoms with E-state index in [1.165, 1.54) is 75.3 Å². The number of unbranched alkanes of at least 4 members (excludes halogenated alkanes) is 1. The zero-order valence-corrected chi connectivity index (χ0v) is 17.3. The minimum atomic E-state index is 0.0916. The third kappa shape index (κ3) is 4.26. The Morgan fingerprint density at radius 1 is 1.04 bits per heavy atom. The van der Waals surface area contributed by atoms with E-state index < -0.39 is 0 Å². The Bertz CT molecular complexity index is 639. The molecule has 0 heterocycles. The van der Waals surface area contributed by atoms with Crippen LogP contribution in [-0.2, 0) is 17.6 Å². The maximum atomic E-state index is 15.0. The molecule has 2 fully saturated rings. The zero-order chi connectivity index (χ0) is 18.8. The first kappa shape index (κ1) is 19.4. The van der Waals surface area contributed by atoms with E-state index in [1.54, 1.807) is 0 Å². The number of hydrogen-bond acceptors (Lipinski definition) is 1. The van der Waals surface area contributed by atoms with Gasteiger partial charge >= 0.3 is 0 Å². The highest BCUT2D eigenvalue weighted by Crippen LogP contribution is 2.47. The summed E-state index contributed by atoms with van der Waals surface area (Å²) < 4.78 is 20.6. The van der Waals surface area contributed by atoms with E-state index in [0.29, 0.717) is 17.9 Å². The van der Waals surface area contributed by atoms with E-state index in [-0.39, 0.29) is 5.82 Å². The van der Waals surface area contributed by atoms with Crippen molar-refractivity contribution in [3.63, 3.8) is 0 Å². The lowest BCUT2D eigenvalue weighted by atomic mass is 9.65. The molecule has 5 unspecified atom stereocenters. The van der Waals surface area contributed by atoms with Crippen molar-refractivity contribution in [1.29, 1.82) is 0 Å². The fraction of sp³-hybridized carbons (Fsp3) is 0.760. The molecular weight excluding hydrogens is 335 g/mol. The molecule has 3 aliphatic rings. The van der Waals surface area contributed by atoms with Gasteiger partial charge < -0.3 is 4.74 Å². The zero-order valence-electron chi connectivity index (χ0n) is 17.3. The number of fused-ring (bicyclic) bond motifs is 2. The summed E-state index contributed by atoms with van der Waals surface area (Å²) in [5.74, 6) is 3.02. The lowest BCUT2D eigenvalue weighted by Gasteiger charge is -2.42. The average molecular weight is 373 g/mol. The van der Waals surface area contributed by atoms with Gasteiger partial charge in [0.2, 0.25) is 0 Å². The summed E-state index contributed by atoms with van der Waals surface area (Å²) in [6, 6.07) is 4.30. The second-order valence-electron chi connectivity index (χ2n) is 9.59. The predicted octanol–water partition coefficient (Wildman–Crippen LogP) is 6.82. The van der Waals surface area contributed by atoms with Crippen LogP contribution >= 0.6 is 0 Å². The van der Waals surface area contributed by atoms with E-state index >= 15 is 0 Å². The molecule has 0 bridgehead atoms. The van der Waals surface area contributed by atoms with E-state index in [1.807, 2.05) is 13.2 Å². The van der Waals surface area contributed by atoms with Crippen LogP contribution in [0.5, 0.6) is 0 Å². The number of rotatable bonds is 5. The van der Waals surface area contributed by atoms with Crippen molar-refractivity contribution >= 4 is 0 Å². The molecule has 5 atom stereocenters. The maximum Gasteiger partial charge on any atom is 0.126 e. The molecule has 1 aromatic rings. The SMILES string of the molecule is CCCCC1CCc2cc(C3CCC4CC(OC)CCC4C3)cc(F)c2C1. The molecule has 0 N–H and O–H groups in total. The van der Waals surface area contributed by atoms with Crippen LogP contribution in [0.1, 0.15) is 93.7 Å². The lowest BCUT2D eigenvalue weighted by Crippen LogP contribution is -2.33. The van der Waals surface area contributed by atoms with Crippen molar-refractivity contribution in [1.82, 2.24) is 0 Å². The predicted molar refractivity (Wildman–Crippen MR) is 110 cm³/mol. The average Bonchev–Trinajstić information content (AvgIpc) is 2.71. The second kappa shape index (κ2) is 8.64. The molecule has 2 saturated carbocycles. The summed E-state index contributed by atoms with van der Waals surface area (Å²) in [4.78, 5) is 0. The minimum absolute atomic E-state index is 0.0916. The van der Waals surface area contributed by atoms with Gasteiger partial charge in [0.25, 0.3) is 0 Å². The summed E-state index contributed by atoms with van der Waals surface area (Å²) in [6.07, 6.45) is 15.1. The Balaban J connectivity index is 1.44. The second-order valence-corrected chi connectivity index (χ2v) is 9.59. The van der Waals surface area contributed by atoms with Gasteiger partial charge in [-0.15, -0.1) is 0 Å². The standard InChI is InChI=1S/C25H37FO/c1-3-4-5-17-6-7-21-14-22(16-25(26)24(21)12-17)19-8-9-20-15-23(27-2)11-10-18(20)13-19/h14,16-20,23H,3-13,15H2,1-2H3. The van der Waals surface area contributed by atoms with Gasteiger partial charge in [-0.25, -0.2) is 4.39 Å². The molecule has 2 heteroatoms. The molecule has 1 nitrogen and oxygen atoms in total.